The van der Waals surface area contributed by atoms with Crippen molar-refractivity contribution < 1.29 is 9.90 Å². The molecule has 0 atom stereocenters. The van der Waals surface area contributed by atoms with Gasteiger partial charge in [-0.3, -0.25) is 4.79 Å². The Morgan fingerprint density at radius 3 is 2.45 bits per heavy atom. The van der Waals surface area contributed by atoms with E-state index in [2.05, 4.69) is 26.5 Å². The zero-order valence-electron chi connectivity index (χ0n) is 10.6. The van der Waals surface area contributed by atoms with Gasteiger partial charge in [-0.05, 0) is 47.5 Å². The third kappa shape index (κ3) is 4.51. The Balaban J connectivity index is 1.85. The molecule has 5 heteroatoms. The number of halogens is 1. The standard InChI is InChI=1S/C15H13BrN2O2/c16-13-5-1-11(2-6-13)9-15(20)18-17-10-12-3-7-14(19)8-4-12/h1-8,10,19H,9H2,(H,18,20). The first-order valence-corrected chi connectivity index (χ1v) is 6.78. The lowest BCUT2D eigenvalue weighted by molar-refractivity contribution is -0.120. The average Bonchev–Trinajstić information content (AvgIpc) is 2.44. The van der Waals surface area contributed by atoms with Crippen molar-refractivity contribution in [3.05, 3.63) is 64.1 Å². The fourth-order valence-corrected chi connectivity index (χ4v) is 1.83. The SMILES string of the molecule is O=C(Cc1ccc(Br)cc1)NN=Cc1ccc(O)cc1. The highest BCUT2D eigenvalue weighted by molar-refractivity contribution is 9.10. The summed E-state index contributed by atoms with van der Waals surface area (Å²) in [5, 5.41) is 13.0. The smallest absolute Gasteiger partial charge is 0.244 e. The minimum absolute atomic E-state index is 0.178. The van der Waals surface area contributed by atoms with E-state index >= 15 is 0 Å². The Bertz CT molecular complexity index is 607. The van der Waals surface area contributed by atoms with Crippen molar-refractivity contribution in [3.63, 3.8) is 0 Å². The molecule has 2 aromatic carbocycles. The van der Waals surface area contributed by atoms with Crippen LogP contribution in [-0.4, -0.2) is 17.2 Å². The Kier molecular flexibility index (Phi) is 4.90. The molecule has 0 aliphatic carbocycles. The summed E-state index contributed by atoms with van der Waals surface area (Å²) in [6.45, 7) is 0. The molecule has 0 aromatic heterocycles. The van der Waals surface area contributed by atoms with Gasteiger partial charge in [0.05, 0.1) is 12.6 Å². The van der Waals surface area contributed by atoms with Crippen molar-refractivity contribution in [2.45, 2.75) is 6.42 Å². The van der Waals surface area contributed by atoms with Crippen molar-refractivity contribution in [2.75, 3.05) is 0 Å². The van der Waals surface area contributed by atoms with Crippen LogP contribution < -0.4 is 5.43 Å². The van der Waals surface area contributed by atoms with Gasteiger partial charge in [0, 0.05) is 4.47 Å². The predicted octanol–water partition coefficient (Wildman–Crippen LogP) is 2.85. The van der Waals surface area contributed by atoms with Crippen LogP contribution in [0.3, 0.4) is 0 Å². The highest BCUT2D eigenvalue weighted by atomic mass is 79.9. The van der Waals surface area contributed by atoms with E-state index in [1.807, 2.05) is 24.3 Å². The van der Waals surface area contributed by atoms with Crippen LogP contribution in [0.4, 0.5) is 0 Å². The predicted molar refractivity (Wildman–Crippen MR) is 81.7 cm³/mol. The molecule has 0 bridgehead atoms. The number of hydrazone groups is 1. The molecule has 0 fully saturated rings. The Morgan fingerprint density at radius 2 is 1.80 bits per heavy atom. The molecule has 1 amide bonds. The normalized spacial score (nSPS) is 10.7. The minimum Gasteiger partial charge on any atom is -0.508 e. The van der Waals surface area contributed by atoms with Gasteiger partial charge in [-0.15, -0.1) is 0 Å². The second kappa shape index (κ2) is 6.86. The molecule has 0 saturated heterocycles. The number of hydrogen-bond acceptors (Lipinski definition) is 3. The molecule has 0 aliphatic rings. The average molecular weight is 333 g/mol. The Morgan fingerprint density at radius 1 is 1.15 bits per heavy atom. The number of phenols is 1. The van der Waals surface area contributed by atoms with Crippen LogP contribution in [0.15, 0.2) is 58.1 Å². The molecule has 2 rings (SSSR count). The van der Waals surface area contributed by atoms with Gasteiger partial charge in [0.1, 0.15) is 5.75 Å². The fraction of sp³-hybridized carbons (Fsp3) is 0.0667. The Hall–Kier alpha value is -2.14. The topological polar surface area (TPSA) is 61.7 Å². The Labute approximate surface area is 125 Å². The van der Waals surface area contributed by atoms with Crippen LogP contribution in [0.1, 0.15) is 11.1 Å². The lowest BCUT2D eigenvalue weighted by Crippen LogP contribution is -2.19. The first-order valence-electron chi connectivity index (χ1n) is 5.99. The number of hydrogen-bond donors (Lipinski definition) is 2. The fourth-order valence-electron chi connectivity index (χ4n) is 1.57. The maximum Gasteiger partial charge on any atom is 0.244 e. The number of carbonyl (C=O) groups is 1. The number of benzene rings is 2. The van der Waals surface area contributed by atoms with E-state index in [-0.39, 0.29) is 18.1 Å². The van der Waals surface area contributed by atoms with E-state index in [9.17, 15) is 4.79 Å². The number of nitrogens with zero attached hydrogens (tertiary/aromatic N) is 1. The van der Waals surface area contributed by atoms with Crippen LogP contribution in [0.5, 0.6) is 5.75 Å². The van der Waals surface area contributed by atoms with Gasteiger partial charge in [-0.25, -0.2) is 5.43 Å². The highest BCUT2D eigenvalue weighted by Crippen LogP contribution is 2.11. The van der Waals surface area contributed by atoms with Crippen molar-refractivity contribution in [2.24, 2.45) is 5.10 Å². The van der Waals surface area contributed by atoms with E-state index in [0.717, 1.165) is 15.6 Å². The maximum absolute atomic E-state index is 11.7. The van der Waals surface area contributed by atoms with Crippen molar-refractivity contribution >= 4 is 28.1 Å². The van der Waals surface area contributed by atoms with Gasteiger partial charge in [0.25, 0.3) is 0 Å². The molecule has 0 aliphatic heterocycles. The monoisotopic (exact) mass is 332 g/mol. The third-order valence-corrected chi connectivity index (χ3v) is 3.10. The number of amides is 1. The molecule has 0 radical (unpaired) electrons. The van der Waals surface area contributed by atoms with Crippen LogP contribution in [0.2, 0.25) is 0 Å². The van der Waals surface area contributed by atoms with Crippen LogP contribution in [-0.2, 0) is 11.2 Å². The zero-order chi connectivity index (χ0) is 14.4. The number of rotatable bonds is 4. The first kappa shape index (κ1) is 14.3. The molecule has 102 valence electrons. The zero-order valence-corrected chi connectivity index (χ0v) is 12.2. The molecular weight excluding hydrogens is 320 g/mol. The van der Waals surface area contributed by atoms with Crippen LogP contribution >= 0.6 is 15.9 Å². The quantitative estimate of drug-likeness (QED) is 0.668. The second-order valence-corrected chi connectivity index (χ2v) is 5.10. The van der Waals surface area contributed by atoms with Crippen molar-refractivity contribution in [1.82, 2.24) is 5.43 Å². The molecule has 0 spiro atoms. The van der Waals surface area contributed by atoms with Gasteiger partial charge in [-0.1, -0.05) is 28.1 Å². The summed E-state index contributed by atoms with van der Waals surface area (Å²) in [7, 11) is 0. The van der Waals surface area contributed by atoms with Crippen molar-refractivity contribution in [1.29, 1.82) is 0 Å². The van der Waals surface area contributed by atoms with E-state index in [1.165, 1.54) is 6.21 Å². The lowest BCUT2D eigenvalue weighted by atomic mass is 10.1. The van der Waals surface area contributed by atoms with Crippen molar-refractivity contribution in [3.8, 4) is 5.75 Å². The van der Waals surface area contributed by atoms with E-state index in [1.54, 1.807) is 24.3 Å². The molecule has 0 saturated carbocycles. The number of carbonyl (C=O) groups excluding carboxylic acids is 1. The molecular formula is C15H13BrN2O2. The van der Waals surface area contributed by atoms with E-state index in [4.69, 9.17) is 5.11 Å². The third-order valence-electron chi connectivity index (χ3n) is 2.57. The van der Waals surface area contributed by atoms with Crippen LogP contribution in [0.25, 0.3) is 0 Å². The molecule has 20 heavy (non-hydrogen) atoms. The molecule has 0 heterocycles. The summed E-state index contributed by atoms with van der Waals surface area (Å²) in [6, 6.07) is 14.1. The largest absolute Gasteiger partial charge is 0.508 e. The van der Waals surface area contributed by atoms with E-state index in [0.29, 0.717) is 0 Å². The van der Waals surface area contributed by atoms with Crippen LogP contribution in [0, 0.1) is 0 Å². The summed E-state index contributed by atoms with van der Waals surface area (Å²) in [5.74, 6) is 0.0174. The summed E-state index contributed by atoms with van der Waals surface area (Å²) in [6.07, 6.45) is 1.80. The van der Waals surface area contributed by atoms with E-state index < -0.39 is 0 Å². The van der Waals surface area contributed by atoms with Gasteiger partial charge in [0.15, 0.2) is 0 Å². The number of aromatic hydroxyl groups is 1. The summed E-state index contributed by atoms with van der Waals surface area (Å²) in [4.78, 5) is 11.7. The highest BCUT2D eigenvalue weighted by Gasteiger charge is 2.01. The second-order valence-electron chi connectivity index (χ2n) is 4.19. The molecule has 2 N–H and O–H groups in total. The van der Waals surface area contributed by atoms with Gasteiger partial charge >= 0.3 is 0 Å². The molecule has 4 nitrogen and oxygen atoms in total. The van der Waals surface area contributed by atoms with Gasteiger partial charge < -0.3 is 5.11 Å². The van der Waals surface area contributed by atoms with Gasteiger partial charge in [0.2, 0.25) is 5.91 Å². The maximum atomic E-state index is 11.7. The summed E-state index contributed by atoms with van der Waals surface area (Å²) < 4.78 is 0.979. The van der Waals surface area contributed by atoms with Gasteiger partial charge in [-0.2, -0.15) is 5.10 Å². The minimum atomic E-state index is -0.178. The number of nitrogens with one attached hydrogen (secondary N) is 1. The lowest BCUT2D eigenvalue weighted by Gasteiger charge is -2.00. The summed E-state index contributed by atoms with van der Waals surface area (Å²) >= 11 is 3.34. The molecule has 0 unspecified atom stereocenters. The number of phenolic OH excluding ortho intramolecular Hbond substituents is 1. The molecule has 2 aromatic rings. The first-order chi connectivity index (χ1) is 9.63. The summed E-state index contributed by atoms with van der Waals surface area (Å²) in [5.41, 5.74) is 4.18.